The van der Waals surface area contributed by atoms with Gasteiger partial charge in [0.25, 0.3) is 0 Å². The number of H-pyrrole nitrogens is 1. The highest BCUT2D eigenvalue weighted by Gasteiger charge is 2.22. The van der Waals surface area contributed by atoms with Crippen LogP contribution in [0.25, 0.3) is 6.08 Å². The number of nitriles is 1. The summed E-state index contributed by atoms with van der Waals surface area (Å²) in [5.41, 5.74) is 2.04. The van der Waals surface area contributed by atoms with E-state index in [-0.39, 0.29) is 6.61 Å². The van der Waals surface area contributed by atoms with E-state index in [0.717, 1.165) is 12.1 Å². The number of sulfone groups is 1. The first-order valence-corrected chi connectivity index (χ1v) is 9.80. The number of aromatic nitrogens is 1. The second-order valence-electron chi connectivity index (χ2n) is 5.89. The molecule has 1 aromatic heterocycles. The standard InChI is InChI=1S/C19H19FN2O4S/c1-4-26-19(23)18-12(2)17(22-13(18)3)9-16(10-21)27(24,25)11-14-5-7-15(20)8-6-14/h5-9,22H,4,11H2,1-3H3. The van der Waals surface area contributed by atoms with Crippen LogP contribution in [-0.4, -0.2) is 26.0 Å². The zero-order chi connectivity index (χ0) is 20.2. The van der Waals surface area contributed by atoms with Crippen molar-refractivity contribution in [1.29, 1.82) is 5.26 Å². The summed E-state index contributed by atoms with van der Waals surface area (Å²) >= 11 is 0. The van der Waals surface area contributed by atoms with Crippen LogP contribution in [0.15, 0.2) is 29.2 Å². The molecule has 0 saturated carbocycles. The van der Waals surface area contributed by atoms with E-state index < -0.39 is 32.3 Å². The lowest BCUT2D eigenvalue weighted by Gasteiger charge is -2.04. The van der Waals surface area contributed by atoms with Crippen LogP contribution in [0.4, 0.5) is 4.39 Å². The van der Waals surface area contributed by atoms with Gasteiger partial charge in [-0.25, -0.2) is 17.6 Å². The third kappa shape index (κ3) is 4.63. The summed E-state index contributed by atoms with van der Waals surface area (Å²) in [6, 6.07) is 6.71. The van der Waals surface area contributed by atoms with Crippen molar-refractivity contribution < 1.29 is 22.3 Å². The zero-order valence-corrected chi connectivity index (χ0v) is 16.0. The number of aromatic amines is 1. The number of halogens is 1. The summed E-state index contributed by atoms with van der Waals surface area (Å²) in [5.74, 6) is -1.43. The SMILES string of the molecule is CCOC(=O)c1c(C)[nH]c(C=C(C#N)S(=O)(=O)Cc2ccc(F)cc2)c1C. The maximum absolute atomic E-state index is 13.0. The number of esters is 1. The maximum Gasteiger partial charge on any atom is 0.340 e. The monoisotopic (exact) mass is 390 g/mol. The van der Waals surface area contributed by atoms with Gasteiger partial charge in [0.05, 0.1) is 17.9 Å². The fourth-order valence-corrected chi connectivity index (χ4v) is 3.85. The number of carbonyl (C=O) groups excluding carboxylic acids is 1. The van der Waals surface area contributed by atoms with Crippen LogP contribution in [0.1, 0.15) is 39.8 Å². The molecule has 0 aliphatic heterocycles. The van der Waals surface area contributed by atoms with Gasteiger partial charge in [-0.1, -0.05) is 12.1 Å². The van der Waals surface area contributed by atoms with E-state index in [4.69, 9.17) is 4.74 Å². The second kappa shape index (κ2) is 8.18. The molecule has 27 heavy (non-hydrogen) atoms. The van der Waals surface area contributed by atoms with E-state index in [1.165, 1.54) is 18.2 Å². The van der Waals surface area contributed by atoms with Crippen molar-refractivity contribution in [2.45, 2.75) is 26.5 Å². The first kappa shape index (κ1) is 20.4. The van der Waals surface area contributed by atoms with Gasteiger partial charge < -0.3 is 9.72 Å². The van der Waals surface area contributed by atoms with Gasteiger partial charge in [-0.05, 0) is 50.1 Å². The minimum absolute atomic E-state index is 0.212. The van der Waals surface area contributed by atoms with Crippen molar-refractivity contribution in [3.63, 3.8) is 0 Å². The Morgan fingerprint density at radius 1 is 1.30 bits per heavy atom. The molecule has 8 heteroatoms. The molecule has 1 N–H and O–H groups in total. The molecule has 1 heterocycles. The summed E-state index contributed by atoms with van der Waals surface area (Å²) in [7, 11) is -3.95. The van der Waals surface area contributed by atoms with Gasteiger partial charge in [-0.15, -0.1) is 0 Å². The summed E-state index contributed by atoms with van der Waals surface area (Å²) in [5, 5.41) is 9.34. The lowest BCUT2D eigenvalue weighted by atomic mass is 10.1. The third-order valence-electron chi connectivity index (χ3n) is 3.95. The van der Waals surface area contributed by atoms with Gasteiger partial charge >= 0.3 is 5.97 Å². The van der Waals surface area contributed by atoms with Gasteiger partial charge in [0.1, 0.15) is 16.8 Å². The Labute approximate surface area is 157 Å². The predicted octanol–water partition coefficient (Wildman–Crippen LogP) is 3.43. The minimum Gasteiger partial charge on any atom is -0.462 e. The first-order valence-electron chi connectivity index (χ1n) is 8.15. The Kier molecular flexibility index (Phi) is 6.18. The van der Waals surface area contributed by atoms with Crippen molar-refractivity contribution in [3.05, 3.63) is 63.1 Å². The minimum atomic E-state index is -3.95. The molecule has 0 spiro atoms. The number of allylic oxidation sites excluding steroid dienone is 1. The van der Waals surface area contributed by atoms with Crippen LogP contribution in [0.5, 0.6) is 0 Å². The topological polar surface area (TPSA) is 100 Å². The molecule has 0 aliphatic rings. The van der Waals surface area contributed by atoms with Gasteiger partial charge in [0.15, 0.2) is 9.84 Å². The lowest BCUT2D eigenvalue weighted by Crippen LogP contribution is -2.07. The molecule has 0 saturated heterocycles. The smallest absolute Gasteiger partial charge is 0.340 e. The Balaban J connectivity index is 2.41. The largest absolute Gasteiger partial charge is 0.462 e. The zero-order valence-electron chi connectivity index (χ0n) is 15.2. The van der Waals surface area contributed by atoms with Gasteiger partial charge in [-0.3, -0.25) is 0 Å². The van der Waals surface area contributed by atoms with Crippen LogP contribution in [0, 0.1) is 31.0 Å². The number of ether oxygens (including phenoxy) is 1. The molecule has 1 aromatic carbocycles. The molecule has 0 atom stereocenters. The summed E-state index contributed by atoms with van der Waals surface area (Å²) in [6.07, 6.45) is 1.20. The molecule has 0 bridgehead atoms. The molecule has 0 amide bonds. The lowest BCUT2D eigenvalue weighted by molar-refractivity contribution is 0.0525. The molecule has 6 nitrogen and oxygen atoms in total. The van der Waals surface area contributed by atoms with E-state index in [2.05, 4.69) is 4.98 Å². The molecule has 0 fully saturated rings. The number of benzene rings is 1. The Morgan fingerprint density at radius 2 is 1.93 bits per heavy atom. The molecule has 0 unspecified atom stereocenters. The van der Waals surface area contributed by atoms with Crippen molar-refractivity contribution in [3.8, 4) is 6.07 Å². The van der Waals surface area contributed by atoms with Crippen molar-refractivity contribution in [2.24, 2.45) is 0 Å². The molecule has 2 aromatic rings. The number of carbonyl (C=O) groups is 1. The molecular formula is C19H19FN2O4S. The third-order valence-corrected chi connectivity index (χ3v) is 5.54. The molecule has 0 aliphatic carbocycles. The van der Waals surface area contributed by atoms with E-state index in [1.807, 2.05) is 0 Å². The van der Waals surface area contributed by atoms with Crippen LogP contribution in [0.3, 0.4) is 0 Å². The van der Waals surface area contributed by atoms with Crippen LogP contribution in [-0.2, 0) is 20.3 Å². The van der Waals surface area contributed by atoms with Crippen LogP contribution < -0.4 is 0 Å². The summed E-state index contributed by atoms with van der Waals surface area (Å²) in [6.45, 7) is 5.20. The Bertz CT molecular complexity index is 1030. The van der Waals surface area contributed by atoms with Gasteiger partial charge in [0.2, 0.25) is 0 Å². The average Bonchev–Trinajstić information content (AvgIpc) is 2.88. The van der Waals surface area contributed by atoms with Gasteiger partial charge in [0, 0.05) is 11.4 Å². The number of hydrogen-bond acceptors (Lipinski definition) is 5. The average molecular weight is 390 g/mol. The normalized spacial score (nSPS) is 11.9. The van der Waals surface area contributed by atoms with Crippen molar-refractivity contribution >= 4 is 21.9 Å². The number of hydrogen-bond donors (Lipinski definition) is 1. The fraction of sp³-hybridized carbons (Fsp3) is 0.263. The van der Waals surface area contributed by atoms with E-state index in [1.54, 1.807) is 26.8 Å². The summed E-state index contributed by atoms with van der Waals surface area (Å²) < 4.78 is 43.1. The van der Waals surface area contributed by atoms with Crippen molar-refractivity contribution in [1.82, 2.24) is 4.98 Å². The fourth-order valence-electron chi connectivity index (χ4n) is 2.63. The van der Waals surface area contributed by atoms with Crippen molar-refractivity contribution in [2.75, 3.05) is 6.61 Å². The second-order valence-corrected chi connectivity index (χ2v) is 7.85. The maximum atomic E-state index is 13.0. The quantitative estimate of drug-likeness (QED) is 0.602. The van der Waals surface area contributed by atoms with Crippen LogP contribution >= 0.6 is 0 Å². The molecule has 142 valence electrons. The number of nitrogens with one attached hydrogen (secondary N) is 1. The molecule has 2 rings (SSSR count). The highest BCUT2D eigenvalue weighted by atomic mass is 32.2. The highest BCUT2D eigenvalue weighted by molar-refractivity contribution is 7.95. The van der Waals surface area contributed by atoms with Crippen LogP contribution in [0.2, 0.25) is 0 Å². The Morgan fingerprint density at radius 3 is 2.48 bits per heavy atom. The Hall–Kier alpha value is -2.92. The molecule has 0 radical (unpaired) electrons. The van der Waals surface area contributed by atoms with E-state index in [9.17, 15) is 22.9 Å². The van der Waals surface area contributed by atoms with E-state index in [0.29, 0.717) is 28.1 Å². The predicted molar refractivity (Wildman–Crippen MR) is 98.8 cm³/mol. The first-order chi connectivity index (χ1) is 12.7. The number of nitrogens with zero attached hydrogens (tertiary/aromatic N) is 1. The van der Waals surface area contributed by atoms with Gasteiger partial charge in [-0.2, -0.15) is 5.26 Å². The molecular weight excluding hydrogens is 371 g/mol. The van der Waals surface area contributed by atoms with E-state index >= 15 is 0 Å². The summed E-state index contributed by atoms with van der Waals surface area (Å²) in [4.78, 5) is 14.5. The highest BCUT2D eigenvalue weighted by Crippen LogP contribution is 2.23. The number of rotatable bonds is 6. The number of aryl methyl sites for hydroxylation is 1.